The molecular formula is C9H21N2. The van der Waals surface area contributed by atoms with Crippen LogP contribution in [-0.2, 0) is 0 Å². The molecule has 0 aromatic carbocycles. The molecule has 11 heavy (non-hydrogen) atoms. The van der Waals surface area contributed by atoms with Crippen LogP contribution < -0.4 is 0 Å². The number of hydrogen-bond acceptors (Lipinski definition) is 2. The average Bonchev–Trinajstić information content (AvgIpc) is 1.88. The third-order valence-corrected chi connectivity index (χ3v) is 2.19. The van der Waals surface area contributed by atoms with Gasteiger partial charge >= 0.3 is 0 Å². The summed E-state index contributed by atoms with van der Waals surface area (Å²) in [5.74, 6) is 0. The van der Waals surface area contributed by atoms with Crippen molar-refractivity contribution in [3.05, 3.63) is 6.04 Å². The molecule has 2 heteroatoms. The molecule has 0 saturated heterocycles. The second-order valence-corrected chi connectivity index (χ2v) is 3.38. The maximum absolute atomic E-state index is 2.23. The van der Waals surface area contributed by atoms with Crippen molar-refractivity contribution < 1.29 is 0 Å². The summed E-state index contributed by atoms with van der Waals surface area (Å²) >= 11 is 0. The van der Waals surface area contributed by atoms with Gasteiger partial charge in [-0.15, -0.1) is 0 Å². The van der Waals surface area contributed by atoms with Crippen molar-refractivity contribution in [1.82, 2.24) is 9.80 Å². The Bertz CT molecular complexity index is 99.7. The van der Waals surface area contributed by atoms with Crippen molar-refractivity contribution in [2.45, 2.75) is 26.3 Å². The van der Waals surface area contributed by atoms with E-state index in [-0.39, 0.29) is 0 Å². The molecule has 2 nitrogen and oxygen atoms in total. The van der Waals surface area contributed by atoms with E-state index in [1.807, 2.05) is 0 Å². The first kappa shape index (κ1) is 10.9. The Morgan fingerprint density at radius 2 is 1.64 bits per heavy atom. The summed E-state index contributed by atoms with van der Waals surface area (Å²) in [5, 5.41) is 0. The summed E-state index contributed by atoms with van der Waals surface area (Å²) in [4.78, 5) is 4.45. The van der Waals surface area contributed by atoms with Gasteiger partial charge in [0.15, 0.2) is 0 Å². The molecule has 0 aliphatic rings. The standard InChI is InChI=1S/C9H21N2/c1-7-9(11(5)6)8(2)10(3)4/h8H,7H2,1-6H3. The lowest BCUT2D eigenvalue weighted by molar-refractivity contribution is 0.237. The predicted molar refractivity (Wildman–Crippen MR) is 50.4 cm³/mol. The quantitative estimate of drug-likeness (QED) is 0.609. The summed E-state index contributed by atoms with van der Waals surface area (Å²) in [6.07, 6.45) is 1.13. The van der Waals surface area contributed by atoms with Gasteiger partial charge in [-0.05, 0) is 41.5 Å². The van der Waals surface area contributed by atoms with E-state index < -0.39 is 0 Å². The molecule has 0 saturated carbocycles. The fraction of sp³-hybridized carbons (Fsp3) is 0.889. The molecule has 0 aliphatic carbocycles. The van der Waals surface area contributed by atoms with Crippen LogP contribution in [0.4, 0.5) is 0 Å². The zero-order valence-electron chi connectivity index (χ0n) is 8.68. The Morgan fingerprint density at radius 3 is 1.73 bits per heavy atom. The summed E-state index contributed by atoms with van der Waals surface area (Å²) < 4.78 is 0. The van der Waals surface area contributed by atoms with Crippen LogP contribution in [0.2, 0.25) is 0 Å². The van der Waals surface area contributed by atoms with Crippen LogP contribution in [0.3, 0.4) is 0 Å². The molecule has 0 aromatic heterocycles. The molecule has 67 valence electrons. The predicted octanol–water partition coefficient (Wildman–Crippen LogP) is 1.44. The molecule has 0 heterocycles. The maximum atomic E-state index is 2.23. The van der Waals surface area contributed by atoms with Gasteiger partial charge in [0.1, 0.15) is 0 Å². The van der Waals surface area contributed by atoms with E-state index in [0.717, 1.165) is 6.42 Å². The molecule has 0 spiro atoms. The smallest absolute Gasteiger partial charge is 0.0553 e. The van der Waals surface area contributed by atoms with Gasteiger partial charge in [0.2, 0.25) is 0 Å². The highest BCUT2D eigenvalue weighted by Crippen LogP contribution is 2.16. The molecule has 0 bridgehead atoms. The van der Waals surface area contributed by atoms with E-state index in [1.165, 1.54) is 6.04 Å². The first-order valence-electron chi connectivity index (χ1n) is 4.20. The number of nitrogens with zero attached hydrogens (tertiary/aromatic N) is 2. The number of likely N-dealkylation sites (N-methyl/N-ethyl adjacent to an activating group) is 2. The summed E-state index contributed by atoms with van der Waals surface area (Å²) in [6, 6.07) is 2.03. The van der Waals surface area contributed by atoms with Crippen LogP contribution in [0.1, 0.15) is 20.3 Å². The number of rotatable bonds is 4. The van der Waals surface area contributed by atoms with E-state index in [9.17, 15) is 0 Å². The van der Waals surface area contributed by atoms with Gasteiger partial charge in [-0.1, -0.05) is 6.92 Å². The van der Waals surface area contributed by atoms with E-state index in [2.05, 4.69) is 51.8 Å². The Morgan fingerprint density at radius 1 is 1.18 bits per heavy atom. The molecule has 0 aliphatic heterocycles. The van der Waals surface area contributed by atoms with Crippen LogP contribution in [0, 0.1) is 6.04 Å². The number of hydrogen-bond donors (Lipinski definition) is 0. The fourth-order valence-corrected chi connectivity index (χ4v) is 1.28. The molecule has 0 aromatic rings. The second kappa shape index (κ2) is 4.73. The van der Waals surface area contributed by atoms with Gasteiger partial charge in [0.25, 0.3) is 0 Å². The van der Waals surface area contributed by atoms with Crippen molar-refractivity contribution in [1.29, 1.82) is 0 Å². The summed E-state index contributed by atoms with van der Waals surface area (Å²) in [7, 11) is 8.45. The minimum absolute atomic E-state index is 0.551. The SMILES string of the molecule is CC[C](C(C)N(C)C)N(C)C. The van der Waals surface area contributed by atoms with Gasteiger partial charge in [0, 0.05) is 6.04 Å². The lowest BCUT2D eigenvalue weighted by Crippen LogP contribution is -2.38. The van der Waals surface area contributed by atoms with Crippen molar-refractivity contribution in [2.24, 2.45) is 0 Å². The summed E-state index contributed by atoms with van der Waals surface area (Å²) in [6.45, 7) is 4.44. The lowest BCUT2D eigenvalue weighted by Gasteiger charge is -2.32. The average molecular weight is 157 g/mol. The third-order valence-electron chi connectivity index (χ3n) is 2.19. The Labute approximate surface area is 71.2 Å². The van der Waals surface area contributed by atoms with E-state index >= 15 is 0 Å². The maximum Gasteiger partial charge on any atom is 0.0553 e. The normalized spacial score (nSPS) is 15.0. The molecule has 0 N–H and O–H groups in total. The largest absolute Gasteiger partial charge is 0.305 e. The lowest BCUT2D eigenvalue weighted by atomic mass is 10.1. The molecular weight excluding hydrogens is 136 g/mol. The Kier molecular flexibility index (Phi) is 4.69. The second-order valence-electron chi connectivity index (χ2n) is 3.38. The molecule has 0 rings (SSSR count). The highest BCUT2D eigenvalue weighted by Gasteiger charge is 2.19. The van der Waals surface area contributed by atoms with Crippen LogP contribution in [-0.4, -0.2) is 44.0 Å². The Balaban J connectivity index is 4.02. The van der Waals surface area contributed by atoms with Crippen molar-refractivity contribution >= 4 is 0 Å². The summed E-state index contributed by atoms with van der Waals surface area (Å²) in [5.41, 5.74) is 0. The van der Waals surface area contributed by atoms with Crippen LogP contribution >= 0.6 is 0 Å². The third kappa shape index (κ3) is 3.21. The first-order chi connectivity index (χ1) is 5.00. The van der Waals surface area contributed by atoms with E-state index in [1.54, 1.807) is 0 Å². The highest BCUT2D eigenvalue weighted by molar-refractivity contribution is 4.94. The van der Waals surface area contributed by atoms with E-state index in [0.29, 0.717) is 6.04 Å². The molecule has 0 fully saturated rings. The molecule has 1 unspecified atom stereocenters. The minimum atomic E-state index is 0.551. The fourth-order valence-electron chi connectivity index (χ4n) is 1.28. The minimum Gasteiger partial charge on any atom is -0.305 e. The van der Waals surface area contributed by atoms with Gasteiger partial charge < -0.3 is 9.80 Å². The van der Waals surface area contributed by atoms with Gasteiger partial charge in [-0.3, -0.25) is 0 Å². The van der Waals surface area contributed by atoms with Gasteiger partial charge in [-0.2, -0.15) is 0 Å². The highest BCUT2D eigenvalue weighted by atomic mass is 15.2. The van der Waals surface area contributed by atoms with E-state index in [4.69, 9.17) is 0 Å². The van der Waals surface area contributed by atoms with Gasteiger partial charge in [0.05, 0.1) is 6.04 Å². The van der Waals surface area contributed by atoms with Crippen molar-refractivity contribution in [3.8, 4) is 0 Å². The monoisotopic (exact) mass is 157 g/mol. The zero-order chi connectivity index (χ0) is 9.02. The van der Waals surface area contributed by atoms with Gasteiger partial charge in [-0.25, -0.2) is 0 Å². The van der Waals surface area contributed by atoms with Crippen LogP contribution in [0.15, 0.2) is 0 Å². The zero-order valence-corrected chi connectivity index (χ0v) is 8.68. The van der Waals surface area contributed by atoms with Crippen molar-refractivity contribution in [2.75, 3.05) is 28.2 Å². The molecule has 1 atom stereocenters. The molecule has 0 amide bonds. The van der Waals surface area contributed by atoms with Crippen LogP contribution in [0.5, 0.6) is 0 Å². The Hall–Kier alpha value is -0.0800. The first-order valence-corrected chi connectivity index (χ1v) is 4.20. The molecule has 1 radical (unpaired) electrons. The van der Waals surface area contributed by atoms with Crippen LogP contribution in [0.25, 0.3) is 0 Å². The van der Waals surface area contributed by atoms with Crippen molar-refractivity contribution in [3.63, 3.8) is 0 Å². The topological polar surface area (TPSA) is 6.48 Å².